The quantitative estimate of drug-likeness (QED) is 0.304. The Bertz CT molecular complexity index is 1480. The number of pyridine rings is 1. The van der Waals surface area contributed by atoms with E-state index in [0.29, 0.717) is 33.1 Å². The van der Waals surface area contributed by atoms with Crippen molar-refractivity contribution in [2.45, 2.75) is 18.9 Å². The van der Waals surface area contributed by atoms with Crippen molar-refractivity contribution in [2.75, 3.05) is 50.0 Å². The van der Waals surface area contributed by atoms with Crippen LogP contribution < -0.4 is 15.8 Å². The van der Waals surface area contributed by atoms with E-state index in [1.165, 1.54) is 31.6 Å². The van der Waals surface area contributed by atoms with Gasteiger partial charge in [-0.1, -0.05) is 23.7 Å². The number of hydrogen-bond acceptors (Lipinski definition) is 6. The number of aromatic amines is 2. The van der Waals surface area contributed by atoms with E-state index in [-0.39, 0.29) is 12.1 Å². The van der Waals surface area contributed by atoms with Crippen LogP contribution in [-0.2, 0) is 0 Å². The molecule has 8 nitrogen and oxygen atoms in total. The van der Waals surface area contributed by atoms with E-state index in [1.807, 2.05) is 12.1 Å². The molecule has 0 unspecified atom stereocenters. The second-order valence-corrected chi connectivity index (χ2v) is 10.9. The second kappa shape index (κ2) is 9.52. The minimum Gasteiger partial charge on any atom is -0.387 e. The molecule has 1 spiro atoms. The molecule has 192 valence electrons. The molecule has 4 heterocycles. The molecule has 0 saturated carbocycles. The van der Waals surface area contributed by atoms with Crippen molar-refractivity contribution in [3.63, 3.8) is 0 Å². The SMILES string of the molecule is CN1CCC2(CC1)CN(c1ccc3nc(-c4c(NC[C@H](O)c5cccc(Cl)c5)cc[nH]c4=O)[nH]c3c1)C2. The molecular weight excluding hydrogens is 488 g/mol. The zero-order chi connectivity index (χ0) is 25.6. The number of aromatic nitrogens is 3. The first-order valence-electron chi connectivity index (χ1n) is 12.7. The maximum atomic E-state index is 12.9. The first kappa shape index (κ1) is 24.0. The lowest BCUT2D eigenvalue weighted by Gasteiger charge is -2.54. The Hall–Kier alpha value is -3.33. The lowest BCUT2D eigenvalue weighted by Crippen LogP contribution is -2.60. The lowest BCUT2D eigenvalue weighted by molar-refractivity contribution is 0.0906. The zero-order valence-electron chi connectivity index (χ0n) is 20.8. The second-order valence-electron chi connectivity index (χ2n) is 10.5. The largest absolute Gasteiger partial charge is 0.387 e. The Labute approximate surface area is 220 Å². The Morgan fingerprint density at radius 3 is 2.76 bits per heavy atom. The van der Waals surface area contributed by atoms with Crippen LogP contribution in [0.15, 0.2) is 59.5 Å². The highest BCUT2D eigenvalue weighted by Crippen LogP contribution is 2.42. The normalized spacial score (nSPS) is 18.2. The first-order chi connectivity index (χ1) is 17.9. The van der Waals surface area contributed by atoms with E-state index in [1.54, 1.807) is 30.5 Å². The summed E-state index contributed by atoms with van der Waals surface area (Å²) in [4.78, 5) is 28.5. The van der Waals surface area contributed by atoms with E-state index >= 15 is 0 Å². The van der Waals surface area contributed by atoms with Gasteiger partial charge >= 0.3 is 0 Å². The van der Waals surface area contributed by atoms with Gasteiger partial charge in [0, 0.05) is 42.0 Å². The molecule has 9 heteroatoms. The molecule has 0 radical (unpaired) electrons. The number of nitrogens with one attached hydrogen (secondary N) is 3. The Morgan fingerprint density at radius 2 is 1.97 bits per heavy atom. The number of aliphatic hydroxyl groups is 1. The topological polar surface area (TPSA) is 100 Å². The fourth-order valence-corrected chi connectivity index (χ4v) is 5.77. The molecule has 2 aliphatic heterocycles. The standard InChI is InChI=1S/C28H31ClN6O2/c1-34-11-8-28(9-12-34)16-35(17-28)20-5-6-21-23(14-20)33-26(32-21)25-22(7-10-30-27(25)37)31-15-24(36)18-3-2-4-19(29)13-18/h2-7,10,13-14,24,36H,8-9,11-12,15-17H2,1H3,(H,32,33)(H2,30,31,37)/t24-/m0/s1. The highest BCUT2D eigenvalue weighted by atomic mass is 35.5. The van der Waals surface area contributed by atoms with Crippen molar-refractivity contribution in [3.8, 4) is 11.4 Å². The number of likely N-dealkylation sites (tertiary alicyclic amines) is 1. The van der Waals surface area contributed by atoms with Crippen LogP contribution in [0, 0.1) is 5.41 Å². The van der Waals surface area contributed by atoms with E-state index in [0.717, 1.165) is 24.1 Å². The third kappa shape index (κ3) is 4.72. The molecule has 2 aliphatic rings. The molecule has 2 saturated heterocycles. The Morgan fingerprint density at radius 1 is 1.16 bits per heavy atom. The number of imidazole rings is 1. The predicted molar refractivity (Wildman–Crippen MR) is 148 cm³/mol. The van der Waals surface area contributed by atoms with Gasteiger partial charge in [-0.05, 0) is 74.9 Å². The van der Waals surface area contributed by atoms with Gasteiger partial charge in [-0.25, -0.2) is 4.98 Å². The van der Waals surface area contributed by atoms with Gasteiger partial charge in [0.25, 0.3) is 5.56 Å². The number of anilines is 2. The zero-order valence-corrected chi connectivity index (χ0v) is 21.6. The van der Waals surface area contributed by atoms with Crippen LogP contribution in [0.2, 0.25) is 5.02 Å². The number of piperidine rings is 1. The monoisotopic (exact) mass is 518 g/mol. The van der Waals surface area contributed by atoms with Crippen LogP contribution in [0.1, 0.15) is 24.5 Å². The molecular formula is C28H31ClN6O2. The summed E-state index contributed by atoms with van der Waals surface area (Å²) in [5, 5.41) is 14.4. The summed E-state index contributed by atoms with van der Waals surface area (Å²) in [7, 11) is 2.20. The van der Waals surface area contributed by atoms with Gasteiger partial charge in [0.05, 0.1) is 22.8 Å². The maximum Gasteiger partial charge on any atom is 0.261 e. The summed E-state index contributed by atoms with van der Waals surface area (Å²) >= 11 is 6.06. The van der Waals surface area contributed by atoms with E-state index in [4.69, 9.17) is 16.6 Å². The highest BCUT2D eigenvalue weighted by molar-refractivity contribution is 6.30. The van der Waals surface area contributed by atoms with Gasteiger partial charge in [0.1, 0.15) is 11.4 Å². The number of nitrogens with zero attached hydrogens (tertiary/aromatic N) is 3. The lowest BCUT2D eigenvalue weighted by atomic mass is 9.72. The van der Waals surface area contributed by atoms with Gasteiger partial charge in [0.2, 0.25) is 0 Å². The van der Waals surface area contributed by atoms with E-state index in [2.05, 4.69) is 44.3 Å². The third-order valence-corrected chi connectivity index (χ3v) is 8.08. The number of H-pyrrole nitrogens is 2. The number of fused-ring (bicyclic) bond motifs is 1. The molecule has 4 N–H and O–H groups in total. The average Bonchev–Trinajstić information content (AvgIpc) is 3.29. The van der Waals surface area contributed by atoms with E-state index < -0.39 is 6.10 Å². The van der Waals surface area contributed by atoms with Crippen LogP contribution in [0.5, 0.6) is 0 Å². The molecule has 1 atom stereocenters. The number of rotatable bonds is 6. The molecule has 4 aromatic rings. The summed E-state index contributed by atoms with van der Waals surface area (Å²) in [6, 6.07) is 15.2. The fourth-order valence-electron chi connectivity index (χ4n) is 5.57. The molecule has 2 aromatic carbocycles. The third-order valence-electron chi connectivity index (χ3n) is 7.85. The van der Waals surface area contributed by atoms with E-state index in [9.17, 15) is 9.90 Å². The van der Waals surface area contributed by atoms with Crippen LogP contribution in [0.4, 0.5) is 11.4 Å². The minimum absolute atomic E-state index is 0.216. The number of benzene rings is 2. The summed E-state index contributed by atoms with van der Waals surface area (Å²) in [5.74, 6) is 0.490. The van der Waals surface area contributed by atoms with Crippen molar-refractivity contribution in [1.82, 2.24) is 19.9 Å². The van der Waals surface area contributed by atoms with Crippen molar-refractivity contribution in [1.29, 1.82) is 0 Å². The van der Waals surface area contributed by atoms with Crippen molar-refractivity contribution >= 4 is 34.0 Å². The van der Waals surface area contributed by atoms with Crippen LogP contribution in [0.3, 0.4) is 0 Å². The summed E-state index contributed by atoms with van der Waals surface area (Å²) in [6.45, 7) is 4.75. The molecule has 2 aromatic heterocycles. The Balaban J connectivity index is 1.21. The van der Waals surface area contributed by atoms with Crippen molar-refractivity contribution < 1.29 is 5.11 Å². The molecule has 0 amide bonds. The first-order valence-corrected chi connectivity index (χ1v) is 13.1. The summed E-state index contributed by atoms with van der Waals surface area (Å²) in [5.41, 5.74) is 4.78. The molecule has 0 bridgehead atoms. The molecule has 0 aliphatic carbocycles. The summed E-state index contributed by atoms with van der Waals surface area (Å²) in [6.07, 6.45) is 3.32. The Kier molecular flexibility index (Phi) is 6.18. The van der Waals surface area contributed by atoms with Gasteiger partial charge in [-0.2, -0.15) is 0 Å². The minimum atomic E-state index is -0.784. The molecule has 37 heavy (non-hydrogen) atoms. The van der Waals surface area contributed by atoms with Gasteiger partial charge < -0.3 is 30.2 Å². The average molecular weight is 519 g/mol. The summed E-state index contributed by atoms with van der Waals surface area (Å²) < 4.78 is 0. The number of hydrogen-bond donors (Lipinski definition) is 4. The van der Waals surface area contributed by atoms with Crippen molar-refractivity contribution in [2.24, 2.45) is 5.41 Å². The fraction of sp³-hybridized carbons (Fsp3) is 0.357. The van der Waals surface area contributed by atoms with Crippen LogP contribution >= 0.6 is 11.6 Å². The van der Waals surface area contributed by atoms with Gasteiger partial charge in [-0.15, -0.1) is 0 Å². The molecule has 6 rings (SSSR count). The van der Waals surface area contributed by atoms with Crippen LogP contribution in [0.25, 0.3) is 22.4 Å². The number of halogens is 1. The highest BCUT2D eigenvalue weighted by Gasteiger charge is 2.44. The smallest absolute Gasteiger partial charge is 0.261 e. The van der Waals surface area contributed by atoms with Crippen LogP contribution in [-0.4, -0.2) is 64.7 Å². The van der Waals surface area contributed by atoms with Gasteiger partial charge in [0.15, 0.2) is 0 Å². The maximum absolute atomic E-state index is 12.9. The number of aliphatic hydroxyl groups excluding tert-OH is 1. The molecule has 2 fully saturated rings. The van der Waals surface area contributed by atoms with Gasteiger partial charge in [-0.3, -0.25) is 4.79 Å². The van der Waals surface area contributed by atoms with Crippen molar-refractivity contribution in [3.05, 3.63) is 75.7 Å². The predicted octanol–water partition coefficient (Wildman–Crippen LogP) is 4.25.